The minimum absolute atomic E-state index is 0.130. The van der Waals surface area contributed by atoms with Gasteiger partial charge in [0.1, 0.15) is 5.84 Å². The van der Waals surface area contributed by atoms with Crippen LogP contribution in [0.25, 0.3) is 0 Å². The smallest absolute Gasteiger partial charge is 0.223 e. The van der Waals surface area contributed by atoms with Crippen LogP contribution in [0.1, 0.15) is 24.0 Å². The Morgan fingerprint density at radius 2 is 1.65 bits per heavy atom. The molecule has 0 aromatic heterocycles. The fourth-order valence-corrected chi connectivity index (χ4v) is 2.92. The molecule has 23 heavy (non-hydrogen) atoms. The van der Waals surface area contributed by atoms with Crippen molar-refractivity contribution in [2.75, 3.05) is 0 Å². The van der Waals surface area contributed by atoms with Crippen LogP contribution in [-0.4, -0.2) is 22.7 Å². The summed E-state index contributed by atoms with van der Waals surface area (Å²) in [5.74, 6) is 0.556. The Balaban J connectivity index is 1.63. The molecule has 4 heteroatoms. The number of nitrogens with zero attached hydrogens (tertiary/aromatic N) is 1. The number of hydrogen-bond donors (Lipinski definition) is 2. The summed E-state index contributed by atoms with van der Waals surface area (Å²) in [4.78, 5) is 14.0. The van der Waals surface area contributed by atoms with Crippen LogP contribution >= 0.6 is 0 Å². The van der Waals surface area contributed by atoms with Crippen molar-refractivity contribution in [2.45, 2.75) is 32.0 Å². The Morgan fingerprint density at radius 1 is 1.04 bits per heavy atom. The number of hydrogen-bond acceptors (Lipinski definition) is 2. The van der Waals surface area contributed by atoms with E-state index in [-0.39, 0.29) is 11.9 Å². The van der Waals surface area contributed by atoms with E-state index in [0.29, 0.717) is 31.8 Å². The summed E-state index contributed by atoms with van der Waals surface area (Å²) in [6.07, 6.45) is 1.24. The van der Waals surface area contributed by atoms with Crippen molar-refractivity contribution in [3.05, 3.63) is 71.8 Å². The standard InChI is InChI=1S/C19H21N3O/c20-19(21-13-15-7-3-1-4-8-15)17-11-12-18(23)22(17)14-16-9-5-2-6-10-16/h1-10,17H,11-14H2,(H2,20,21)/t17-/m0/s1. The van der Waals surface area contributed by atoms with E-state index in [1.54, 1.807) is 0 Å². The molecule has 4 nitrogen and oxygen atoms in total. The van der Waals surface area contributed by atoms with Crippen molar-refractivity contribution in [1.82, 2.24) is 10.2 Å². The normalized spacial score (nSPS) is 17.3. The predicted octanol–water partition coefficient (Wildman–Crippen LogP) is 2.94. The average Bonchev–Trinajstić information content (AvgIpc) is 2.95. The lowest BCUT2D eigenvalue weighted by molar-refractivity contribution is -0.128. The lowest BCUT2D eigenvalue weighted by Crippen LogP contribution is -2.43. The Hall–Kier alpha value is -2.62. The first-order valence-electron chi connectivity index (χ1n) is 7.93. The van der Waals surface area contributed by atoms with Crippen LogP contribution in [0.3, 0.4) is 0 Å². The van der Waals surface area contributed by atoms with Gasteiger partial charge in [-0.15, -0.1) is 0 Å². The van der Waals surface area contributed by atoms with E-state index in [2.05, 4.69) is 5.32 Å². The van der Waals surface area contributed by atoms with Gasteiger partial charge in [0.15, 0.2) is 0 Å². The van der Waals surface area contributed by atoms with Crippen molar-refractivity contribution in [1.29, 1.82) is 5.41 Å². The molecule has 1 aliphatic heterocycles. The third kappa shape index (κ3) is 3.77. The van der Waals surface area contributed by atoms with Gasteiger partial charge in [0, 0.05) is 19.5 Å². The molecule has 1 amide bonds. The first kappa shape index (κ1) is 15.3. The molecule has 0 radical (unpaired) electrons. The Morgan fingerprint density at radius 3 is 2.30 bits per heavy atom. The second-order valence-electron chi connectivity index (χ2n) is 5.81. The largest absolute Gasteiger partial charge is 0.368 e. The third-order valence-corrected chi connectivity index (χ3v) is 4.18. The second-order valence-corrected chi connectivity index (χ2v) is 5.81. The molecule has 3 rings (SSSR count). The first-order chi connectivity index (χ1) is 11.2. The summed E-state index contributed by atoms with van der Waals surface area (Å²) in [5.41, 5.74) is 2.24. The molecule has 0 spiro atoms. The topological polar surface area (TPSA) is 56.2 Å². The first-order valence-corrected chi connectivity index (χ1v) is 7.93. The SMILES string of the molecule is N=C(NCc1ccccc1)[C@@H]1CCC(=O)N1Cc1ccccc1. The molecule has 1 atom stereocenters. The van der Waals surface area contributed by atoms with Gasteiger partial charge in [-0.3, -0.25) is 10.2 Å². The summed E-state index contributed by atoms with van der Waals surface area (Å²) in [6.45, 7) is 1.18. The summed E-state index contributed by atoms with van der Waals surface area (Å²) < 4.78 is 0. The zero-order valence-electron chi connectivity index (χ0n) is 13.0. The fourth-order valence-electron chi connectivity index (χ4n) is 2.92. The quantitative estimate of drug-likeness (QED) is 0.659. The maximum Gasteiger partial charge on any atom is 0.223 e. The molecular weight excluding hydrogens is 286 g/mol. The Kier molecular flexibility index (Phi) is 4.71. The van der Waals surface area contributed by atoms with Crippen LogP contribution in [0.15, 0.2) is 60.7 Å². The van der Waals surface area contributed by atoms with Gasteiger partial charge in [0.25, 0.3) is 0 Å². The predicted molar refractivity (Wildman–Crippen MR) is 91.0 cm³/mol. The minimum atomic E-state index is -0.147. The van der Waals surface area contributed by atoms with E-state index >= 15 is 0 Å². The molecule has 2 aromatic carbocycles. The fraction of sp³-hybridized carbons (Fsp3) is 0.263. The van der Waals surface area contributed by atoms with Gasteiger partial charge in [-0.1, -0.05) is 60.7 Å². The van der Waals surface area contributed by atoms with Crippen molar-refractivity contribution < 1.29 is 4.79 Å². The zero-order chi connectivity index (χ0) is 16.1. The molecule has 0 bridgehead atoms. The number of rotatable bonds is 5. The van der Waals surface area contributed by atoms with Crippen molar-refractivity contribution >= 4 is 11.7 Å². The molecule has 1 fully saturated rings. The zero-order valence-corrected chi connectivity index (χ0v) is 13.0. The highest BCUT2D eigenvalue weighted by Crippen LogP contribution is 2.22. The lowest BCUT2D eigenvalue weighted by atomic mass is 10.1. The molecular formula is C19H21N3O. The minimum Gasteiger partial charge on any atom is -0.368 e. The highest BCUT2D eigenvalue weighted by atomic mass is 16.2. The average molecular weight is 307 g/mol. The van der Waals surface area contributed by atoms with Gasteiger partial charge in [-0.05, 0) is 17.5 Å². The number of benzene rings is 2. The van der Waals surface area contributed by atoms with Gasteiger partial charge >= 0.3 is 0 Å². The van der Waals surface area contributed by atoms with Crippen molar-refractivity contribution in [3.8, 4) is 0 Å². The molecule has 0 saturated carbocycles. The molecule has 1 aliphatic rings. The summed E-state index contributed by atoms with van der Waals surface area (Å²) in [6, 6.07) is 19.8. The van der Waals surface area contributed by atoms with Crippen LogP contribution in [0.2, 0.25) is 0 Å². The van der Waals surface area contributed by atoms with Gasteiger partial charge in [-0.2, -0.15) is 0 Å². The van der Waals surface area contributed by atoms with E-state index < -0.39 is 0 Å². The number of carbonyl (C=O) groups is 1. The van der Waals surface area contributed by atoms with Gasteiger partial charge in [0.2, 0.25) is 5.91 Å². The van der Waals surface area contributed by atoms with E-state index in [9.17, 15) is 4.79 Å². The van der Waals surface area contributed by atoms with Crippen molar-refractivity contribution in [3.63, 3.8) is 0 Å². The number of carbonyl (C=O) groups excluding carboxylic acids is 1. The van der Waals surface area contributed by atoms with E-state index in [1.807, 2.05) is 65.6 Å². The number of amides is 1. The van der Waals surface area contributed by atoms with Gasteiger partial charge < -0.3 is 10.2 Å². The highest BCUT2D eigenvalue weighted by molar-refractivity contribution is 5.92. The van der Waals surface area contributed by atoms with E-state index in [0.717, 1.165) is 11.1 Å². The van der Waals surface area contributed by atoms with E-state index in [1.165, 1.54) is 0 Å². The van der Waals surface area contributed by atoms with Crippen LogP contribution in [0.5, 0.6) is 0 Å². The maximum absolute atomic E-state index is 12.2. The van der Waals surface area contributed by atoms with Gasteiger partial charge in [0.05, 0.1) is 6.04 Å². The summed E-state index contributed by atoms with van der Waals surface area (Å²) >= 11 is 0. The number of nitrogens with one attached hydrogen (secondary N) is 2. The molecule has 0 aliphatic carbocycles. The van der Waals surface area contributed by atoms with Crippen LogP contribution in [0.4, 0.5) is 0 Å². The maximum atomic E-state index is 12.2. The number of amidine groups is 1. The molecule has 118 valence electrons. The van der Waals surface area contributed by atoms with Crippen LogP contribution in [-0.2, 0) is 17.9 Å². The molecule has 0 unspecified atom stereocenters. The third-order valence-electron chi connectivity index (χ3n) is 4.18. The highest BCUT2D eigenvalue weighted by Gasteiger charge is 2.33. The van der Waals surface area contributed by atoms with E-state index in [4.69, 9.17) is 5.41 Å². The van der Waals surface area contributed by atoms with Gasteiger partial charge in [-0.25, -0.2) is 0 Å². The second kappa shape index (κ2) is 7.09. The monoisotopic (exact) mass is 307 g/mol. The number of likely N-dealkylation sites (tertiary alicyclic amines) is 1. The Labute approximate surface area is 136 Å². The molecule has 1 heterocycles. The lowest BCUT2D eigenvalue weighted by Gasteiger charge is -2.26. The van der Waals surface area contributed by atoms with Crippen LogP contribution in [0, 0.1) is 5.41 Å². The summed E-state index contributed by atoms with van der Waals surface area (Å²) in [7, 11) is 0. The molecule has 2 aromatic rings. The van der Waals surface area contributed by atoms with Crippen molar-refractivity contribution in [2.24, 2.45) is 0 Å². The summed E-state index contributed by atoms with van der Waals surface area (Å²) in [5, 5.41) is 11.5. The van der Waals surface area contributed by atoms with Crippen LogP contribution < -0.4 is 5.32 Å². The Bertz CT molecular complexity index is 670. The molecule has 2 N–H and O–H groups in total. The molecule has 1 saturated heterocycles.